The fourth-order valence-electron chi connectivity index (χ4n) is 0. The molecule has 0 amide bonds. The molecule has 0 unspecified atom stereocenters. The van der Waals surface area contributed by atoms with Gasteiger partial charge in [-0.2, -0.15) is 0 Å². The average molecular weight is 86.1 g/mol. The van der Waals surface area contributed by atoms with Crippen molar-refractivity contribution >= 4 is 5.90 Å². The molecule has 0 saturated carbocycles. The summed E-state index contributed by atoms with van der Waals surface area (Å²) in [6.07, 6.45) is 0. The van der Waals surface area contributed by atoms with Crippen LogP contribution in [0.25, 0.3) is 0 Å². The van der Waals surface area contributed by atoms with Gasteiger partial charge in [0.05, 0.1) is 0 Å². The van der Waals surface area contributed by atoms with Crippen LogP contribution in [0.3, 0.4) is 0 Å². The van der Waals surface area contributed by atoms with Crippen molar-refractivity contribution in [1.82, 2.24) is 0 Å². The van der Waals surface area contributed by atoms with Gasteiger partial charge in [0.15, 0.2) is 0 Å². The highest BCUT2D eigenvalue weighted by Crippen LogP contribution is 1.84. The summed E-state index contributed by atoms with van der Waals surface area (Å²) >= 11 is 0. The Kier molecular flexibility index (Phi) is 1.64. The van der Waals surface area contributed by atoms with Crippen molar-refractivity contribution in [3.63, 3.8) is 0 Å². The summed E-state index contributed by atoms with van der Waals surface area (Å²) in [5.41, 5.74) is 0. The lowest BCUT2D eigenvalue weighted by atomic mass is 10.2. The molecule has 0 saturated heterocycles. The molecule has 0 fully saturated rings. The van der Waals surface area contributed by atoms with Crippen molar-refractivity contribution in [2.24, 2.45) is 5.92 Å². The zero-order valence-corrected chi connectivity index (χ0v) is 3.99. The minimum absolute atomic E-state index is 0.120. The molecule has 0 aromatic rings. The quantitative estimate of drug-likeness (QED) is 0.354. The van der Waals surface area contributed by atoms with Gasteiger partial charge in [-0.05, 0) is 11.8 Å². The molecule has 0 aliphatic rings. The van der Waals surface area contributed by atoms with E-state index in [0.29, 0.717) is 0 Å². The van der Waals surface area contributed by atoms with E-state index in [4.69, 9.17) is 5.41 Å². The molecule has 36 valence electrons. The largest absolute Gasteiger partial charge is 0.862 e. The first-order chi connectivity index (χ1) is 2.64. The summed E-state index contributed by atoms with van der Waals surface area (Å²) in [6.45, 7) is 3.41. The number of rotatable bonds is 1. The van der Waals surface area contributed by atoms with Crippen molar-refractivity contribution in [2.75, 3.05) is 0 Å². The van der Waals surface area contributed by atoms with Crippen LogP contribution in [0.5, 0.6) is 0 Å². The van der Waals surface area contributed by atoms with Gasteiger partial charge in [0.25, 0.3) is 0 Å². The second kappa shape index (κ2) is 1.80. The minimum Gasteiger partial charge on any atom is -0.862 e. The van der Waals surface area contributed by atoms with E-state index in [-0.39, 0.29) is 5.92 Å². The molecule has 0 heterocycles. The molecule has 0 bridgehead atoms. The van der Waals surface area contributed by atoms with Gasteiger partial charge < -0.3 is 10.5 Å². The molecule has 0 radical (unpaired) electrons. The molecule has 0 aliphatic heterocycles. The number of hydrogen-bond acceptors (Lipinski definition) is 2. The molecule has 2 heteroatoms. The van der Waals surface area contributed by atoms with E-state index >= 15 is 0 Å². The van der Waals surface area contributed by atoms with Crippen molar-refractivity contribution < 1.29 is 5.11 Å². The Balaban J connectivity index is 3.26. The molecular formula is C4H8NO-. The van der Waals surface area contributed by atoms with E-state index < -0.39 is 5.90 Å². The molecular weight excluding hydrogens is 78.0 g/mol. The van der Waals surface area contributed by atoms with Gasteiger partial charge in [-0.1, -0.05) is 13.8 Å². The number of nitrogens with one attached hydrogen (secondary N) is 1. The SMILES string of the molecule is CC(C)C(=N)[O-]. The Labute approximate surface area is 37.3 Å². The third-order valence-corrected chi connectivity index (χ3v) is 0.524. The van der Waals surface area contributed by atoms with E-state index in [9.17, 15) is 5.11 Å². The molecule has 6 heavy (non-hydrogen) atoms. The fourth-order valence-corrected chi connectivity index (χ4v) is 0. The predicted molar refractivity (Wildman–Crippen MR) is 22.6 cm³/mol. The Morgan fingerprint density at radius 3 is 1.83 bits per heavy atom. The third-order valence-electron chi connectivity index (χ3n) is 0.524. The molecule has 0 spiro atoms. The monoisotopic (exact) mass is 86.1 g/mol. The van der Waals surface area contributed by atoms with Crippen LogP contribution < -0.4 is 5.11 Å². The first-order valence-corrected chi connectivity index (χ1v) is 1.90. The standard InChI is InChI=1S/C4H9NO/c1-3(2)4(5)6/h3H,1-2H3,(H2,5,6)/p-1. The van der Waals surface area contributed by atoms with Crippen molar-refractivity contribution in [3.8, 4) is 0 Å². The average Bonchev–Trinajstić information content (AvgIpc) is 1.36. The summed E-state index contributed by atoms with van der Waals surface area (Å²) in [4.78, 5) is 0. The summed E-state index contributed by atoms with van der Waals surface area (Å²) in [5, 5.41) is 16.2. The summed E-state index contributed by atoms with van der Waals surface area (Å²) < 4.78 is 0. The Morgan fingerprint density at radius 1 is 1.67 bits per heavy atom. The highest BCUT2D eigenvalue weighted by atomic mass is 16.3. The molecule has 0 rings (SSSR count). The van der Waals surface area contributed by atoms with Crippen LogP contribution in [0.4, 0.5) is 0 Å². The zero-order chi connectivity index (χ0) is 5.15. The predicted octanol–water partition coefficient (Wildman–Crippen LogP) is -0.0200. The maximum Gasteiger partial charge on any atom is -0.0194 e. The molecule has 0 aromatic carbocycles. The first kappa shape index (κ1) is 5.47. The van der Waals surface area contributed by atoms with Crippen molar-refractivity contribution in [1.29, 1.82) is 5.41 Å². The number of hydrogen-bond donors (Lipinski definition) is 1. The highest BCUT2D eigenvalue weighted by molar-refractivity contribution is 5.69. The van der Waals surface area contributed by atoms with Gasteiger partial charge in [-0.25, -0.2) is 0 Å². The lowest BCUT2D eigenvalue weighted by Crippen LogP contribution is -2.21. The van der Waals surface area contributed by atoms with E-state index in [2.05, 4.69) is 0 Å². The topological polar surface area (TPSA) is 46.9 Å². The lowest BCUT2D eigenvalue weighted by Gasteiger charge is -2.08. The normalized spacial score (nSPS) is 9.17. The molecule has 0 atom stereocenters. The van der Waals surface area contributed by atoms with Gasteiger partial charge in [0.1, 0.15) is 0 Å². The molecule has 1 N–H and O–H groups in total. The summed E-state index contributed by atoms with van der Waals surface area (Å²) in [7, 11) is 0. The minimum atomic E-state index is -0.491. The zero-order valence-electron chi connectivity index (χ0n) is 3.99. The molecule has 0 aromatic heterocycles. The van der Waals surface area contributed by atoms with Gasteiger partial charge in [0.2, 0.25) is 0 Å². The van der Waals surface area contributed by atoms with Gasteiger partial charge in [-0.15, -0.1) is 0 Å². The van der Waals surface area contributed by atoms with Crippen LogP contribution in [0.15, 0.2) is 0 Å². The summed E-state index contributed by atoms with van der Waals surface area (Å²) in [5.74, 6) is -0.611. The maximum absolute atomic E-state index is 9.81. The van der Waals surface area contributed by atoms with Crippen LogP contribution in [-0.4, -0.2) is 5.90 Å². The third kappa shape index (κ3) is 1.76. The van der Waals surface area contributed by atoms with E-state index in [1.165, 1.54) is 0 Å². The van der Waals surface area contributed by atoms with Crippen LogP contribution in [0, 0.1) is 11.3 Å². The molecule has 0 aliphatic carbocycles. The van der Waals surface area contributed by atoms with Gasteiger partial charge in [0, 0.05) is 0 Å². The van der Waals surface area contributed by atoms with Crippen LogP contribution in [-0.2, 0) is 0 Å². The highest BCUT2D eigenvalue weighted by Gasteiger charge is 1.83. The Bertz CT molecular complexity index is 58.6. The van der Waals surface area contributed by atoms with E-state index in [0.717, 1.165) is 0 Å². The van der Waals surface area contributed by atoms with Crippen molar-refractivity contribution in [3.05, 3.63) is 0 Å². The first-order valence-electron chi connectivity index (χ1n) is 1.90. The van der Waals surface area contributed by atoms with E-state index in [1.807, 2.05) is 0 Å². The lowest BCUT2D eigenvalue weighted by molar-refractivity contribution is -0.224. The van der Waals surface area contributed by atoms with Crippen LogP contribution in [0.2, 0.25) is 0 Å². The smallest absolute Gasteiger partial charge is 0.0194 e. The summed E-state index contributed by atoms with van der Waals surface area (Å²) in [6, 6.07) is 0. The van der Waals surface area contributed by atoms with E-state index in [1.54, 1.807) is 13.8 Å². The van der Waals surface area contributed by atoms with Gasteiger partial charge in [-0.3, -0.25) is 0 Å². The van der Waals surface area contributed by atoms with Gasteiger partial charge >= 0.3 is 0 Å². The fraction of sp³-hybridized carbons (Fsp3) is 0.750. The van der Waals surface area contributed by atoms with Crippen LogP contribution >= 0.6 is 0 Å². The molecule has 2 nitrogen and oxygen atoms in total. The second-order valence-corrected chi connectivity index (χ2v) is 1.52. The maximum atomic E-state index is 9.81. The second-order valence-electron chi connectivity index (χ2n) is 1.52. The van der Waals surface area contributed by atoms with Crippen molar-refractivity contribution in [2.45, 2.75) is 13.8 Å². The Morgan fingerprint density at radius 2 is 1.83 bits per heavy atom. The van der Waals surface area contributed by atoms with Crippen LogP contribution in [0.1, 0.15) is 13.8 Å². The Hall–Kier alpha value is -0.530.